The molecule has 19 heavy (non-hydrogen) atoms. The van der Waals surface area contributed by atoms with Crippen molar-refractivity contribution in [2.24, 2.45) is 5.84 Å². The zero-order valence-electron chi connectivity index (χ0n) is 11.4. The van der Waals surface area contributed by atoms with Crippen LogP contribution in [0.2, 0.25) is 0 Å². The average Bonchev–Trinajstić information content (AvgIpc) is 2.97. The van der Waals surface area contributed by atoms with E-state index in [0.717, 1.165) is 23.1 Å². The third kappa shape index (κ3) is 1.91. The predicted octanol–water partition coefficient (Wildman–Crippen LogP) is 2.35. The number of aryl methyl sites for hydroxylation is 2. The second-order valence-electron chi connectivity index (χ2n) is 5.29. The van der Waals surface area contributed by atoms with Crippen LogP contribution in [0.3, 0.4) is 0 Å². The SMILES string of the molecule is COC(C)(C)c1nc(NN)c2c3c(sc2n1)CCC3. The van der Waals surface area contributed by atoms with E-state index in [1.807, 2.05) is 13.8 Å². The number of nitrogen functional groups attached to an aromatic ring is 1. The van der Waals surface area contributed by atoms with Crippen LogP contribution in [0.4, 0.5) is 5.82 Å². The average molecular weight is 278 g/mol. The van der Waals surface area contributed by atoms with Crippen molar-refractivity contribution in [1.82, 2.24) is 9.97 Å². The van der Waals surface area contributed by atoms with Crippen molar-refractivity contribution in [1.29, 1.82) is 0 Å². The van der Waals surface area contributed by atoms with Gasteiger partial charge in [-0.1, -0.05) is 0 Å². The first kappa shape index (κ1) is 12.8. The van der Waals surface area contributed by atoms with Crippen LogP contribution >= 0.6 is 11.3 Å². The third-order valence-electron chi connectivity index (χ3n) is 3.75. The Bertz CT molecular complexity index is 635. The summed E-state index contributed by atoms with van der Waals surface area (Å²) in [6.45, 7) is 3.91. The quantitative estimate of drug-likeness (QED) is 0.666. The van der Waals surface area contributed by atoms with Crippen LogP contribution in [0.5, 0.6) is 0 Å². The van der Waals surface area contributed by atoms with Gasteiger partial charge in [-0.05, 0) is 38.7 Å². The van der Waals surface area contributed by atoms with Gasteiger partial charge in [0.05, 0.1) is 5.39 Å². The zero-order valence-corrected chi connectivity index (χ0v) is 12.2. The van der Waals surface area contributed by atoms with Crippen molar-refractivity contribution in [3.05, 3.63) is 16.3 Å². The number of hydrogen-bond acceptors (Lipinski definition) is 6. The number of thiophene rings is 1. The van der Waals surface area contributed by atoms with Gasteiger partial charge in [-0.2, -0.15) is 0 Å². The molecule has 0 unspecified atom stereocenters. The van der Waals surface area contributed by atoms with Crippen molar-refractivity contribution >= 4 is 27.4 Å². The number of aromatic nitrogens is 2. The number of fused-ring (bicyclic) bond motifs is 3. The largest absolute Gasteiger partial charge is 0.371 e. The lowest BCUT2D eigenvalue weighted by molar-refractivity contribution is 0.0119. The molecule has 1 aliphatic rings. The van der Waals surface area contributed by atoms with Crippen LogP contribution in [0, 0.1) is 0 Å². The molecule has 3 N–H and O–H groups in total. The lowest BCUT2D eigenvalue weighted by Gasteiger charge is -2.21. The summed E-state index contributed by atoms with van der Waals surface area (Å²) in [6, 6.07) is 0. The van der Waals surface area contributed by atoms with Crippen LogP contribution in [-0.2, 0) is 23.2 Å². The highest BCUT2D eigenvalue weighted by molar-refractivity contribution is 7.19. The predicted molar refractivity (Wildman–Crippen MR) is 77.3 cm³/mol. The monoisotopic (exact) mass is 278 g/mol. The minimum atomic E-state index is -0.520. The number of nitrogens with one attached hydrogen (secondary N) is 1. The number of hydrogen-bond donors (Lipinski definition) is 2. The molecule has 0 aromatic carbocycles. The Kier molecular flexibility index (Phi) is 2.96. The van der Waals surface area contributed by atoms with Crippen LogP contribution in [-0.4, -0.2) is 17.1 Å². The Morgan fingerprint density at radius 1 is 1.32 bits per heavy atom. The summed E-state index contributed by atoms with van der Waals surface area (Å²) in [6.07, 6.45) is 3.45. The molecule has 6 heteroatoms. The summed E-state index contributed by atoms with van der Waals surface area (Å²) in [7, 11) is 1.66. The Morgan fingerprint density at radius 2 is 2.11 bits per heavy atom. The molecule has 102 valence electrons. The summed E-state index contributed by atoms with van der Waals surface area (Å²) < 4.78 is 5.46. The molecule has 0 spiro atoms. The Morgan fingerprint density at radius 3 is 2.79 bits per heavy atom. The fraction of sp³-hybridized carbons (Fsp3) is 0.538. The Balaban J connectivity index is 2.25. The van der Waals surface area contributed by atoms with E-state index in [4.69, 9.17) is 10.6 Å². The van der Waals surface area contributed by atoms with Gasteiger partial charge in [0.25, 0.3) is 0 Å². The van der Waals surface area contributed by atoms with E-state index in [1.54, 1.807) is 18.4 Å². The molecule has 0 saturated heterocycles. The van der Waals surface area contributed by atoms with Gasteiger partial charge in [0.1, 0.15) is 10.4 Å². The van der Waals surface area contributed by atoms with Gasteiger partial charge in [-0.15, -0.1) is 11.3 Å². The second-order valence-corrected chi connectivity index (χ2v) is 6.38. The summed E-state index contributed by atoms with van der Waals surface area (Å²) in [5.41, 5.74) is 3.57. The number of anilines is 1. The highest BCUT2D eigenvalue weighted by atomic mass is 32.1. The lowest BCUT2D eigenvalue weighted by atomic mass is 10.1. The van der Waals surface area contributed by atoms with Crippen molar-refractivity contribution in [3.8, 4) is 0 Å². The van der Waals surface area contributed by atoms with Crippen molar-refractivity contribution in [2.75, 3.05) is 12.5 Å². The molecule has 0 fully saturated rings. The van der Waals surface area contributed by atoms with E-state index in [2.05, 4.69) is 15.4 Å². The molecule has 0 atom stereocenters. The van der Waals surface area contributed by atoms with Gasteiger partial charge in [0.15, 0.2) is 11.6 Å². The van der Waals surface area contributed by atoms with Crippen LogP contribution in [0.1, 0.15) is 36.5 Å². The van der Waals surface area contributed by atoms with E-state index in [1.165, 1.54) is 16.9 Å². The lowest BCUT2D eigenvalue weighted by Crippen LogP contribution is -2.24. The molecule has 2 heterocycles. The highest BCUT2D eigenvalue weighted by Crippen LogP contribution is 2.40. The number of nitrogens with zero attached hydrogens (tertiary/aromatic N) is 2. The summed E-state index contributed by atoms with van der Waals surface area (Å²) in [4.78, 5) is 11.7. The van der Waals surface area contributed by atoms with Gasteiger partial charge in [-0.3, -0.25) is 0 Å². The van der Waals surface area contributed by atoms with E-state index in [9.17, 15) is 0 Å². The van der Waals surface area contributed by atoms with E-state index < -0.39 is 5.60 Å². The van der Waals surface area contributed by atoms with Crippen LogP contribution in [0.15, 0.2) is 0 Å². The molecule has 5 nitrogen and oxygen atoms in total. The van der Waals surface area contributed by atoms with E-state index in [-0.39, 0.29) is 0 Å². The minimum absolute atomic E-state index is 0.520. The normalized spacial score (nSPS) is 14.9. The molecular formula is C13H18N4OS. The minimum Gasteiger partial charge on any atom is -0.371 e. The zero-order chi connectivity index (χ0) is 13.6. The van der Waals surface area contributed by atoms with Gasteiger partial charge in [0, 0.05) is 12.0 Å². The topological polar surface area (TPSA) is 73.1 Å². The maximum absolute atomic E-state index is 5.65. The molecule has 0 bridgehead atoms. The molecule has 0 radical (unpaired) electrons. The van der Waals surface area contributed by atoms with Crippen molar-refractivity contribution in [3.63, 3.8) is 0 Å². The first-order valence-electron chi connectivity index (χ1n) is 6.41. The number of ether oxygens (including phenoxy) is 1. The summed E-state index contributed by atoms with van der Waals surface area (Å²) >= 11 is 1.75. The molecule has 0 saturated carbocycles. The molecule has 2 aromatic rings. The molecular weight excluding hydrogens is 260 g/mol. The number of nitrogens with two attached hydrogens (primary N) is 1. The Labute approximate surface area is 116 Å². The number of hydrazine groups is 1. The smallest absolute Gasteiger partial charge is 0.163 e. The van der Waals surface area contributed by atoms with Gasteiger partial charge in [-0.25, -0.2) is 15.8 Å². The Hall–Kier alpha value is -1.24. The number of rotatable bonds is 3. The molecule has 2 aromatic heterocycles. The van der Waals surface area contributed by atoms with Gasteiger partial charge >= 0.3 is 0 Å². The van der Waals surface area contributed by atoms with Crippen LogP contribution < -0.4 is 11.3 Å². The maximum Gasteiger partial charge on any atom is 0.163 e. The second kappa shape index (κ2) is 4.40. The first-order chi connectivity index (χ1) is 9.06. The maximum atomic E-state index is 5.65. The third-order valence-corrected chi connectivity index (χ3v) is 4.94. The molecule has 0 aliphatic heterocycles. The van der Waals surface area contributed by atoms with Gasteiger partial charge < -0.3 is 10.2 Å². The number of methoxy groups -OCH3 is 1. The van der Waals surface area contributed by atoms with E-state index >= 15 is 0 Å². The first-order valence-corrected chi connectivity index (χ1v) is 7.23. The van der Waals surface area contributed by atoms with Crippen LogP contribution in [0.25, 0.3) is 10.2 Å². The van der Waals surface area contributed by atoms with Crippen molar-refractivity contribution in [2.45, 2.75) is 38.7 Å². The standard InChI is InChI=1S/C13H18N4OS/c1-13(2,18-3)12-15-10(17-14)9-7-5-4-6-8(7)19-11(9)16-12/h4-6,14H2,1-3H3,(H,15,16,17). The van der Waals surface area contributed by atoms with E-state index in [0.29, 0.717) is 11.6 Å². The fourth-order valence-corrected chi connectivity index (χ4v) is 3.72. The highest BCUT2D eigenvalue weighted by Gasteiger charge is 2.28. The molecule has 0 amide bonds. The molecule has 1 aliphatic carbocycles. The summed E-state index contributed by atoms with van der Waals surface area (Å²) in [5, 5.41) is 1.09. The van der Waals surface area contributed by atoms with Crippen molar-refractivity contribution < 1.29 is 4.74 Å². The summed E-state index contributed by atoms with van der Waals surface area (Å²) in [5.74, 6) is 7.02. The van der Waals surface area contributed by atoms with Gasteiger partial charge in [0.2, 0.25) is 0 Å². The molecule has 3 rings (SSSR count). The fourth-order valence-electron chi connectivity index (χ4n) is 2.46.